The zero-order chi connectivity index (χ0) is 16.7. The number of benzene rings is 1. The monoisotopic (exact) mass is 319 g/mol. The SMILES string of the molecule is COC(=O)Nc1ccc(CNC(=O)NC2CCC(C)CC2)cc1. The molecule has 1 aromatic carbocycles. The quantitative estimate of drug-likeness (QED) is 0.797. The molecule has 1 fully saturated rings. The fourth-order valence-corrected chi connectivity index (χ4v) is 2.70. The van der Waals surface area contributed by atoms with E-state index in [2.05, 4.69) is 27.6 Å². The molecule has 0 aromatic heterocycles. The van der Waals surface area contributed by atoms with Gasteiger partial charge in [0.1, 0.15) is 0 Å². The number of amides is 3. The lowest BCUT2D eigenvalue weighted by Gasteiger charge is -2.26. The molecule has 3 amide bonds. The van der Waals surface area contributed by atoms with E-state index in [0.29, 0.717) is 12.2 Å². The van der Waals surface area contributed by atoms with Crippen LogP contribution < -0.4 is 16.0 Å². The largest absolute Gasteiger partial charge is 0.453 e. The number of nitrogens with one attached hydrogen (secondary N) is 3. The molecule has 6 heteroatoms. The maximum absolute atomic E-state index is 11.9. The van der Waals surface area contributed by atoms with E-state index in [0.717, 1.165) is 24.3 Å². The Labute approximate surface area is 137 Å². The van der Waals surface area contributed by atoms with Crippen LogP contribution in [0.4, 0.5) is 15.3 Å². The van der Waals surface area contributed by atoms with Gasteiger partial charge in [-0.2, -0.15) is 0 Å². The highest BCUT2D eigenvalue weighted by Crippen LogP contribution is 2.23. The van der Waals surface area contributed by atoms with Crippen LogP contribution in [0.25, 0.3) is 0 Å². The first kappa shape index (κ1) is 17.1. The van der Waals surface area contributed by atoms with Gasteiger partial charge in [0.2, 0.25) is 0 Å². The van der Waals surface area contributed by atoms with E-state index in [4.69, 9.17) is 0 Å². The van der Waals surface area contributed by atoms with Crippen molar-refractivity contribution in [2.24, 2.45) is 5.92 Å². The van der Waals surface area contributed by atoms with E-state index < -0.39 is 6.09 Å². The number of hydrogen-bond donors (Lipinski definition) is 3. The Morgan fingerprint density at radius 1 is 1.13 bits per heavy atom. The van der Waals surface area contributed by atoms with Gasteiger partial charge in [0.15, 0.2) is 0 Å². The summed E-state index contributed by atoms with van der Waals surface area (Å²) in [5.74, 6) is 0.772. The Balaban J connectivity index is 1.72. The van der Waals surface area contributed by atoms with Crippen LogP contribution in [0.2, 0.25) is 0 Å². The lowest BCUT2D eigenvalue weighted by molar-refractivity contribution is 0.187. The van der Waals surface area contributed by atoms with Gasteiger partial charge in [0.25, 0.3) is 0 Å². The van der Waals surface area contributed by atoms with Gasteiger partial charge in [-0.3, -0.25) is 5.32 Å². The first-order chi connectivity index (χ1) is 11.1. The molecule has 0 radical (unpaired) electrons. The molecule has 3 N–H and O–H groups in total. The summed E-state index contributed by atoms with van der Waals surface area (Å²) >= 11 is 0. The number of carbonyl (C=O) groups is 2. The van der Waals surface area contributed by atoms with E-state index in [1.54, 1.807) is 12.1 Å². The molecule has 1 aliphatic carbocycles. The lowest BCUT2D eigenvalue weighted by Crippen LogP contribution is -2.43. The van der Waals surface area contributed by atoms with Crippen LogP contribution in [0, 0.1) is 5.92 Å². The highest BCUT2D eigenvalue weighted by atomic mass is 16.5. The topological polar surface area (TPSA) is 79.5 Å². The minimum Gasteiger partial charge on any atom is -0.453 e. The molecule has 126 valence electrons. The molecular weight excluding hydrogens is 294 g/mol. The summed E-state index contributed by atoms with van der Waals surface area (Å²) in [6.07, 6.45) is 3.97. The molecule has 0 bridgehead atoms. The number of hydrogen-bond acceptors (Lipinski definition) is 3. The average Bonchev–Trinajstić information content (AvgIpc) is 2.56. The summed E-state index contributed by atoms with van der Waals surface area (Å²) in [6, 6.07) is 7.42. The van der Waals surface area contributed by atoms with Crippen molar-refractivity contribution >= 4 is 17.8 Å². The Kier molecular flexibility index (Phi) is 6.26. The van der Waals surface area contributed by atoms with Crippen LogP contribution >= 0.6 is 0 Å². The summed E-state index contributed by atoms with van der Waals surface area (Å²) in [4.78, 5) is 23.0. The van der Waals surface area contributed by atoms with Crippen LogP contribution in [0.5, 0.6) is 0 Å². The number of carbonyl (C=O) groups excluding carboxylic acids is 2. The lowest BCUT2D eigenvalue weighted by atomic mass is 9.87. The Hall–Kier alpha value is -2.24. The Morgan fingerprint density at radius 3 is 2.39 bits per heavy atom. The summed E-state index contributed by atoms with van der Waals surface area (Å²) in [7, 11) is 1.32. The average molecular weight is 319 g/mol. The predicted octanol–water partition coefficient (Wildman–Crippen LogP) is 3.24. The maximum Gasteiger partial charge on any atom is 0.411 e. The Morgan fingerprint density at radius 2 is 1.78 bits per heavy atom. The highest BCUT2D eigenvalue weighted by Gasteiger charge is 2.19. The van der Waals surface area contributed by atoms with Gasteiger partial charge in [-0.15, -0.1) is 0 Å². The van der Waals surface area contributed by atoms with Crippen molar-refractivity contribution in [3.63, 3.8) is 0 Å². The predicted molar refractivity (Wildman–Crippen MR) is 89.3 cm³/mol. The van der Waals surface area contributed by atoms with Gasteiger partial charge in [0.05, 0.1) is 7.11 Å². The summed E-state index contributed by atoms with van der Waals surface area (Å²) in [6.45, 7) is 2.71. The summed E-state index contributed by atoms with van der Waals surface area (Å²) in [5.41, 5.74) is 1.62. The third kappa shape index (κ3) is 5.81. The zero-order valence-electron chi connectivity index (χ0n) is 13.7. The first-order valence-electron chi connectivity index (χ1n) is 8.05. The second-order valence-electron chi connectivity index (χ2n) is 6.10. The van der Waals surface area contributed by atoms with Gasteiger partial charge in [0, 0.05) is 18.3 Å². The van der Waals surface area contributed by atoms with Crippen molar-refractivity contribution in [2.75, 3.05) is 12.4 Å². The van der Waals surface area contributed by atoms with Crippen LogP contribution in [-0.4, -0.2) is 25.3 Å². The molecule has 1 aliphatic rings. The van der Waals surface area contributed by atoms with Gasteiger partial charge in [-0.05, 0) is 49.3 Å². The smallest absolute Gasteiger partial charge is 0.411 e. The fourth-order valence-electron chi connectivity index (χ4n) is 2.70. The summed E-state index contributed by atoms with van der Waals surface area (Å²) in [5, 5.41) is 8.48. The number of ether oxygens (including phenoxy) is 1. The molecule has 2 rings (SSSR count). The van der Waals surface area contributed by atoms with E-state index in [1.807, 2.05) is 12.1 Å². The highest BCUT2D eigenvalue weighted by molar-refractivity contribution is 5.84. The second-order valence-corrected chi connectivity index (χ2v) is 6.10. The van der Waals surface area contributed by atoms with Gasteiger partial charge in [-0.25, -0.2) is 9.59 Å². The van der Waals surface area contributed by atoms with E-state index >= 15 is 0 Å². The van der Waals surface area contributed by atoms with E-state index in [9.17, 15) is 9.59 Å². The van der Waals surface area contributed by atoms with Crippen LogP contribution in [0.1, 0.15) is 38.2 Å². The molecule has 0 atom stereocenters. The molecule has 6 nitrogen and oxygen atoms in total. The third-order valence-electron chi connectivity index (χ3n) is 4.19. The Bertz CT molecular complexity index is 522. The molecule has 0 saturated heterocycles. The minimum absolute atomic E-state index is 0.124. The first-order valence-corrected chi connectivity index (χ1v) is 8.05. The number of rotatable bonds is 4. The summed E-state index contributed by atoms with van der Waals surface area (Å²) < 4.78 is 4.53. The molecule has 1 aromatic rings. The molecule has 0 unspecified atom stereocenters. The minimum atomic E-state index is -0.503. The zero-order valence-corrected chi connectivity index (χ0v) is 13.7. The van der Waals surface area contributed by atoms with Crippen molar-refractivity contribution in [3.05, 3.63) is 29.8 Å². The molecular formula is C17H25N3O3. The molecule has 23 heavy (non-hydrogen) atoms. The fraction of sp³-hybridized carbons (Fsp3) is 0.529. The molecule has 0 aliphatic heterocycles. The molecule has 0 heterocycles. The second kappa shape index (κ2) is 8.41. The molecule has 1 saturated carbocycles. The number of urea groups is 1. The van der Waals surface area contributed by atoms with Crippen LogP contribution in [-0.2, 0) is 11.3 Å². The third-order valence-corrected chi connectivity index (χ3v) is 4.19. The normalized spacial score (nSPS) is 20.4. The van der Waals surface area contributed by atoms with Crippen molar-refractivity contribution in [2.45, 2.75) is 45.2 Å². The standard InChI is InChI=1S/C17H25N3O3/c1-12-3-7-14(8-4-12)19-16(21)18-11-13-5-9-15(10-6-13)20-17(22)23-2/h5-6,9-10,12,14H,3-4,7-8,11H2,1-2H3,(H,20,22)(H2,18,19,21). The van der Waals surface area contributed by atoms with Crippen molar-refractivity contribution < 1.29 is 14.3 Å². The van der Waals surface area contributed by atoms with E-state index in [1.165, 1.54) is 20.0 Å². The molecule has 0 spiro atoms. The maximum atomic E-state index is 11.9. The van der Waals surface area contributed by atoms with Crippen molar-refractivity contribution in [1.29, 1.82) is 0 Å². The van der Waals surface area contributed by atoms with Gasteiger partial charge >= 0.3 is 12.1 Å². The number of anilines is 1. The van der Waals surface area contributed by atoms with Crippen LogP contribution in [0.15, 0.2) is 24.3 Å². The van der Waals surface area contributed by atoms with Crippen molar-refractivity contribution in [3.8, 4) is 0 Å². The number of methoxy groups -OCH3 is 1. The van der Waals surface area contributed by atoms with Gasteiger partial charge < -0.3 is 15.4 Å². The van der Waals surface area contributed by atoms with Crippen molar-refractivity contribution in [1.82, 2.24) is 10.6 Å². The van der Waals surface area contributed by atoms with Gasteiger partial charge in [-0.1, -0.05) is 19.1 Å². The van der Waals surface area contributed by atoms with Crippen LogP contribution in [0.3, 0.4) is 0 Å². The van der Waals surface area contributed by atoms with E-state index in [-0.39, 0.29) is 12.1 Å².